The molecule has 0 amide bonds. The van der Waals surface area contributed by atoms with Crippen molar-refractivity contribution in [2.24, 2.45) is 0 Å². The Balaban J connectivity index is 2.56. The van der Waals surface area contributed by atoms with Crippen molar-refractivity contribution >= 4 is 40.8 Å². The maximum atomic E-state index is 12.5. The van der Waals surface area contributed by atoms with Crippen molar-refractivity contribution in [3.63, 3.8) is 0 Å². The van der Waals surface area contributed by atoms with Crippen LogP contribution in [0.25, 0.3) is 0 Å². The molecule has 18 heteroatoms. The summed E-state index contributed by atoms with van der Waals surface area (Å²) in [4.78, 5) is 0. The first-order chi connectivity index (χ1) is 15.9. The first-order valence-corrected chi connectivity index (χ1v) is 14.9. The number of hydrogen-bond acceptors (Lipinski definition) is 8. The molecule has 0 atom stereocenters. The lowest BCUT2D eigenvalue weighted by Crippen LogP contribution is -2.67. The van der Waals surface area contributed by atoms with E-state index in [0.29, 0.717) is 0 Å². The van der Waals surface area contributed by atoms with E-state index in [2.05, 4.69) is 0 Å². The number of rotatable bonds is 8. The van der Waals surface area contributed by atoms with Crippen molar-refractivity contribution in [1.82, 2.24) is 8.61 Å². The van der Waals surface area contributed by atoms with Crippen LogP contribution in [0.5, 0.6) is 0 Å². The zero-order valence-electron chi connectivity index (χ0n) is 17.3. The third kappa shape index (κ3) is 4.78. The van der Waals surface area contributed by atoms with Gasteiger partial charge in [-0.25, -0.2) is 0 Å². The molecule has 0 bridgehead atoms. The van der Waals surface area contributed by atoms with Gasteiger partial charge in [-0.1, -0.05) is 60.7 Å². The SMILES string of the molecule is O=S(=O)(O)N1C(Cc2ccccc2)=C(Cc2ccccc2)N(S(=O)(=O)O)C1(S(=O)(=O)O)S(=O)(=O)O. The maximum absolute atomic E-state index is 12.5. The highest BCUT2D eigenvalue weighted by atomic mass is 32.3. The summed E-state index contributed by atoms with van der Waals surface area (Å²) >= 11 is 0. The Morgan fingerprint density at radius 1 is 0.543 bits per heavy atom. The molecule has 0 unspecified atom stereocenters. The standard InChI is InChI=1S/C17H18N2O12S4/c20-32(21,22)17(33(23,24)25)18(34(26,27)28)15(11-13-7-3-1-4-8-13)16(19(17)35(29,30)31)12-14-9-5-2-6-10-14/h1-10H,11-12H2,(H,20,21,22)(H,23,24,25)(H,26,27,28)(H,29,30,31). The van der Waals surface area contributed by atoms with Gasteiger partial charge in [-0.15, -0.1) is 0 Å². The van der Waals surface area contributed by atoms with Gasteiger partial charge in [0.2, 0.25) is 0 Å². The lowest BCUT2D eigenvalue weighted by molar-refractivity contribution is 0.237. The third-order valence-electron chi connectivity index (χ3n) is 4.90. The number of hydrogen-bond donors (Lipinski definition) is 4. The van der Waals surface area contributed by atoms with E-state index in [-0.39, 0.29) is 11.1 Å². The molecule has 0 radical (unpaired) electrons. The zero-order chi connectivity index (χ0) is 26.4. The van der Waals surface area contributed by atoms with Crippen LogP contribution in [0.15, 0.2) is 72.1 Å². The van der Waals surface area contributed by atoms with E-state index in [1.54, 1.807) is 12.1 Å². The van der Waals surface area contributed by atoms with E-state index in [9.17, 15) is 51.9 Å². The summed E-state index contributed by atoms with van der Waals surface area (Å²) in [5.41, 5.74) is -1.65. The molecule has 4 N–H and O–H groups in total. The van der Waals surface area contributed by atoms with Crippen LogP contribution in [0.4, 0.5) is 0 Å². The highest BCUT2D eigenvalue weighted by molar-refractivity contribution is 8.06. The largest absolute Gasteiger partial charge is 0.400 e. The van der Waals surface area contributed by atoms with Gasteiger partial charge in [-0.2, -0.15) is 42.3 Å². The third-order valence-corrected chi connectivity index (χ3v) is 10.6. The normalized spacial score (nSPS) is 17.1. The maximum Gasteiger partial charge on any atom is 0.400 e. The van der Waals surface area contributed by atoms with Gasteiger partial charge < -0.3 is 0 Å². The Labute approximate surface area is 201 Å². The molecule has 192 valence electrons. The van der Waals surface area contributed by atoms with Gasteiger partial charge in [0.05, 0.1) is 11.4 Å². The van der Waals surface area contributed by atoms with Crippen LogP contribution < -0.4 is 0 Å². The first kappa shape index (κ1) is 27.0. The van der Waals surface area contributed by atoms with Crippen molar-refractivity contribution in [2.75, 3.05) is 0 Å². The van der Waals surface area contributed by atoms with Crippen LogP contribution in [0.1, 0.15) is 11.1 Å². The van der Waals surface area contributed by atoms with Gasteiger partial charge in [0.15, 0.2) is 0 Å². The quantitative estimate of drug-likeness (QED) is 0.314. The van der Waals surface area contributed by atoms with Crippen LogP contribution in [0.2, 0.25) is 0 Å². The number of benzene rings is 2. The van der Waals surface area contributed by atoms with Gasteiger partial charge in [-0.3, -0.25) is 18.2 Å². The molecule has 2 aromatic rings. The highest BCUT2D eigenvalue weighted by Crippen LogP contribution is 2.49. The second-order valence-corrected chi connectivity index (χ2v) is 13.0. The topological polar surface area (TPSA) is 224 Å². The summed E-state index contributed by atoms with van der Waals surface area (Å²) in [5.74, 6) is 0. The van der Waals surface area contributed by atoms with E-state index >= 15 is 0 Å². The summed E-state index contributed by atoms with van der Waals surface area (Å²) in [6, 6.07) is 14.4. The molecule has 14 nitrogen and oxygen atoms in total. The Bertz CT molecular complexity index is 1460. The van der Waals surface area contributed by atoms with Crippen molar-refractivity contribution in [3.8, 4) is 0 Å². The summed E-state index contributed by atoms with van der Waals surface area (Å²) in [6.07, 6.45) is -1.47. The molecule has 2 aromatic carbocycles. The number of nitrogens with zero attached hydrogens (tertiary/aromatic N) is 2. The van der Waals surface area contributed by atoms with Crippen LogP contribution in [0, 0.1) is 0 Å². The van der Waals surface area contributed by atoms with Gasteiger partial charge in [-0.05, 0) is 11.1 Å². The predicted molar refractivity (Wildman–Crippen MR) is 120 cm³/mol. The van der Waals surface area contributed by atoms with Crippen LogP contribution in [0.3, 0.4) is 0 Å². The lowest BCUT2D eigenvalue weighted by Gasteiger charge is -2.37. The molecule has 0 aliphatic carbocycles. The summed E-state index contributed by atoms with van der Waals surface area (Å²) < 4.78 is 133. The fraction of sp³-hybridized carbons (Fsp3) is 0.176. The van der Waals surface area contributed by atoms with Gasteiger partial charge in [0.25, 0.3) is 0 Å². The van der Waals surface area contributed by atoms with Crippen molar-refractivity contribution in [2.45, 2.75) is 17.2 Å². The molecule has 0 fully saturated rings. The van der Waals surface area contributed by atoms with Crippen LogP contribution >= 0.6 is 0 Å². The van der Waals surface area contributed by atoms with Gasteiger partial charge in [0, 0.05) is 12.8 Å². The van der Waals surface area contributed by atoms with E-state index in [0.717, 1.165) is 0 Å². The molecule has 1 aliphatic rings. The lowest BCUT2D eigenvalue weighted by atomic mass is 10.0. The fourth-order valence-electron chi connectivity index (χ4n) is 3.71. The van der Waals surface area contributed by atoms with E-state index in [1.165, 1.54) is 48.5 Å². The predicted octanol–water partition coefficient (Wildman–Crippen LogP) is 0.294. The summed E-state index contributed by atoms with van der Waals surface area (Å²) in [7, 11) is -25.3. The van der Waals surface area contributed by atoms with E-state index < -0.39 is 78.0 Å². The molecule has 3 rings (SSSR count). The second-order valence-electron chi connectivity index (χ2n) is 7.20. The smallest absolute Gasteiger partial charge is 0.281 e. The minimum absolute atomic E-state index is 0.165. The van der Waals surface area contributed by atoms with Gasteiger partial charge >= 0.3 is 45.2 Å². The fourth-order valence-corrected chi connectivity index (χ4v) is 10.0. The average molecular weight is 571 g/mol. The number of allylic oxidation sites excluding steroid dienone is 2. The Morgan fingerprint density at radius 3 is 1.06 bits per heavy atom. The van der Waals surface area contributed by atoms with Crippen molar-refractivity contribution in [3.05, 3.63) is 83.2 Å². The molecule has 0 saturated carbocycles. The van der Waals surface area contributed by atoms with E-state index in [1.807, 2.05) is 0 Å². The summed E-state index contributed by atoms with van der Waals surface area (Å²) in [6.45, 7) is 0. The Hall–Kier alpha value is -2.58. The highest BCUT2D eigenvalue weighted by Gasteiger charge is 2.75. The molecular formula is C17H18N2O12S4. The molecule has 1 aliphatic heterocycles. The average Bonchev–Trinajstić information content (AvgIpc) is 3.01. The summed E-state index contributed by atoms with van der Waals surface area (Å²) in [5, 5.41) is 0. The Kier molecular flexibility index (Phi) is 6.81. The van der Waals surface area contributed by atoms with E-state index in [4.69, 9.17) is 0 Å². The minimum Gasteiger partial charge on any atom is -0.281 e. The van der Waals surface area contributed by atoms with Crippen molar-refractivity contribution < 1.29 is 51.9 Å². The molecule has 0 saturated heterocycles. The molecule has 1 heterocycles. The second kappa shape index (κ2) is 8.82. The molecular weight excluding hydrogens is 552 g/mol. The zero-order valence-corrected chi connectivity index (χ0v) is 20.5. The van der Waals surface area contributed by atoms with Gasteiger partial charge in [0.1, 0.15) is 0 Å². The van der Waals surface area contributed by atoms with Crippen LogP contribution in [-0.4, -0.2) is 64.8 Å². The van der Waals surface area contributed by atoms with Crippen molar-refractivity contribution in [1.29, 1.82) is 0 Å². The molecule has 0 spiro atoms. The minimum atomic E-state index is -6.54. The monoisotopic (exact) mass is 570 g/mol. The first-order valence-electron chi connectivity index (χ1n) is 9.22. The molecule has 35 heavy (non-hydrogen) atoms. The van der Waals surface area contributed by atoms with Crippen LogP contribution in [-0.2, 0) is 53.7 Å². The Morgan fingerprint density at radius 2 is 0.829 bits per heavy atom. The molecule has 0 aromatic heterocycles.